The molecular weight excluding hydrogens is 276 g/mol. The number of aromatic nitrogens is 3. The summed E-state index contributed by atoms with van der Waals surface area (Å²) in [6.07, 6.45) is 2.08. The van der Waals surface area contributed by atoms with Crippen molar-refractivity contribution >= 4 is 27.8 Å². The lowest BCUT2D eigenvalue weighted by molar-refractivity contribution is -0.00537. The highest BCUT2D eigenvalue weighted by Gasteiger charge is 2.25. The fraction of sp³-hybridized carbons (Fsp3) is 0.412. The van der Waals surface area contributed by atoms with Crippen LogP contribution in [0.25, 0.3) is 21.9 Å². The summed E-state index contributed by atoms with van der Waals surface area (Å²) < 4.78 is 5.83. The number of hydrogen-bond donors (Lipinski definition) is 1. The summed E-state index contributed by atoms with van der Waals surface area (Å²) in [6, 6.07) is 6.40. The Kier molecular flexibility index (Phi) is 3.04. The molecule has 22 heavy (non-hydrogen) atoms. The molecule has 0 radical (unpaired) electrons. The molecule has 3 heterocycles. The van der Waals surface area contributed by atoms with E-state index in [1.165, 1.54) is 5.56 Å². The molecule has 1 aliphatic rings. The molecule has 0 spiro atoms. The molecule has 0 unspecified atom stereocenters. The summed E-state index contributed by atoms with van der Waals surface area (Å²) in [4.78, 5) is 14.8. The van der Waals surface area contributed by atoms with Crippen molar-refractivity contribution in [3.63, 3.8) is 0 Å². The molecule has 5 nitrogen and oxygen atoms in total. The molecule has 1 saturated heterocycles. The van der Waals surface area contributed by atoms with Crippen LogP contribution in [0.5, 0.6) is 0 Å². The van der Waals surface area contributed by atoms with Crippen molar-refractivity contribution < 1.29 is 4.74 Å². The second-order valence-electron chi connectivity index (χ2n) is 6.26. The Labute approximate surface area is 129 Å². The van der Waals surface area contributed by atoms with Gasteiger partial charge in [-0.3, -0.25) is 0 Å². The molecule has 114 valence electrons. The number of nitrogens with one attached hydrogen (secondary N) is 1. The maximum atomic E-state index is 5.83. The van der Waals surface area contributed by atoms with E-state index in [-0.39, 0.29) is 12.2 Å². The molecule has 5 heteroatoms. The predicted molar refractivity (Wildman–Crippen MR) is 88.4 cm³/mol. The van der Waals surface area contributed by atoms with Gasteiger partial charge in [-0.25, -0.2) is 9.97 Å². The average Bonchev–Trinajstić information content (AvgIpc) is 2.84. The number of benzene rings is 1. The minimum Gasteiger partial charge on any atom is -0.372 e. The number of morpholine rings is 1. The van der Waals surface area contributed by atoms with E-state index in [0.29, 0.717) is 0 Å². The molecular formula is C17H20N4O. The molecule has 1 fully saturated rings. The Morgan fingerprint density at radius 3 is 2.73 bits per heavy atom. The number of anilines is 1. The van der Waals surface area contributed by atoms with Crippen LogP contribution in [0, 0.1) is 6.92 Å². The third kappa shape index (κ3) is 2.13. The number of hydrogen-bond acceptors (Lipinski definition) is 4. The van der Waals surface area contributed by atoms with Gasteiger partial charge in [0.1, 0.15) is 17.4 Å². The lowest BCUT2D eigenvalue weighted by atomic mass is 10.1. The van der Waals surface area contributed by atoms with Gasteiger partial charge >= 0.3 is 0 Å². The summed E-state index contributed by atoms with van der Waals surface area (Å²) in [5.74, 6) is 0.973. The first-order valence-electron chi connectivity index (χ1n) is 7.75. The van der Waals surface area contributed by atoms with Crippen LogP contribution < -0.4 is 4.90 Å². The Morgan fingerprint density at radius 1 is 1.18 bits per heavy atom. The molecule has 1 aromatic carbocycles. The van der Waals surface area contributed by atoms with E-state index in [1.807, 2.05) is 0 Å². The number of fused-ring (bicyclic) bond motifs is 3. The molecule has 0 saturated carbocycles. The van der Waals surface area contributed by atoms with Crippen LogP contribution in [0.4, 0.5) is 5.82 Å². The van der Waals surface area contributed by atoms with Crippen LogP contribution in [-0.4, -0.2) is 40.2 Å². The second kappa shape index (κ2) is 4.95. The van der Waals surface area contributed by atoms with Crippen molar-refractivity contribution in [1.29, 1.82) is 0 Å². The average molecular weight is 296 g/mol. The van der Waals surface area contributed by atoms with Crippen molar-refractivity contribution in [2.45, 2.75) is 33.0 Å². The van der Waals surface area contributed by atoms with Gasteiger partial charge in [0.2, 0.25) is 0 Å². The largest absolute Gasteiger partial charge is 0.372 e. The monoisotopic (exact) mass is 296 g/mol. The van der Waals surface area contributed by atoms with Gasteiger partial charge in [-0.1, -0.05) is 11.6 Å². The zero-order valence-electron chi connectivity index (χ0n) is 13.1. The number of H-pyrrole nitrogens is 1. The first kappa shape index (κ1) is 13.5. The summed E-state index contributed by atoms with van der Waals surface area (Å²) in [5, 5.41) is 1.16. The van der Waals surface area contributed by atoms with E-state index in [4.69, 9.17) is 4.74 Å². The van der Waals surface area contributed by atoms with Crippen LogP contribution in [0.15, 0.2) is 24.5 Å². The van der Waals surface area contributed by atoms with E-state index in [0.717, 1.165) is 40.8 Å². The van der Waals surface area contributed by atoms with E-state index in [2.05, 4.69) is 58.8 Å². The molecule has 0 amide bonds. The zero-order valence-corrected chi connectivity index (χ0v) is 13.1. The van der Waals surface area contributed by atoms with Crippen molar-refractivity contribution in [3.8, 4) is 0 Å². The zero-order chi connectivity index (χ0) is 15.3. The number of nitrogens with zero attached hydrogens (tertiary/aromatic N) is 3. The van der Waals surface area contributed by atoms with Gasteiger partial charge in [-0.05, 0) is 32.9 Å². The minimum atomic E-state index is 0.209. The first-order chi connectivity index (χ1) is 10.6. The summed E-state index contributed by atoms with van der Waals surface area (Å²) >= 11 is 0. The van der Waals surface area contributed by atoms with Crippen LogP contribution in [-0.2, 0) is 4.74 Å². The lowest BCUT2D eigenvalue weighted by Crippen LogP contribution is -2.46. The van der Waals surface area contributed by atoms with Gasteiger partial charge in [0.15, 0.2) is 5.82 Å². The predicted octanol–water partition coefficient (Wildman–Crippen LogP) is 3.03. The van der Waals surface area contributed by atoms with E-state index in [9.17, 15) is 0 Å². The van der Waals surface area contributed by atoms with Gasteiger partial charge in [-0.2, -0.15) is 0 Å². The summed E-state index contributed by atoms with van der Waals surface area (Å²) in [7, 11) is 0. The van der Waals surface area contributed by atoms with Crippen molar-refractivity contribution in [3.05, 3.63) is 30.1 Å². The third-order valence-corrected chi connectivity index (χ3v) is 4.24. The number of rotatable bonds is 1. The highest BCUT2D eigenvalue weighted by molar-refractivity contribution is 6.08. The number of aryl methyl sites for hydroxylation is 1. The van der Waals surface area contributed by atoms with Gasteiger partial charge in [0.05, 0.1) is 12.2 Å². The van der Waals surface area contributed by atoms with Gasteiger partial charge in [0, 0.05) is 24.0 Å². The normalized spacial score (nSPS) is 22.6. The smallest absolute Gasteiger partial charge is 0.156 e. The topological polar surface area (TPSA) is 54.0 Å². The number of aromatic amines is 1. The van der Waals surface area contributed by atoms with Crippen LogP contribution >= 0.6 is 0 Å². The molecule has 2 atom stereocenters. The van der Waals surface area contributed by atoms with Crippen LogP contribution in [0.1, 0.15) is 19.4 Å². The molecule has 1 N–H and O–H groups in total. The van der Waals surface area contributed by atoms with E-state index < -0.39 is 0 Å². The Bertz CT molecular complexity index is 831. The molecule has 4 rings (SSSR count). The molecule has 1 aliphatic heterocycles. The highest BCUT2D eigenvalue weighted by Crippen LogP contribution is 2.30. The van der Waals surface area contributed by atoms with Crippen LogP contribution in [0.3, 0.4) is 0 Å². The Hall–Kier alpha value is -2.14. The molecule has 0 aliphatic carbocycles. The number of ether oxygens (including phenoxy) is 1. The standard InChI is InChI=1S/C17H20N4O/c1-10-4-5-14-13(6-10)15-16(20-14)17(19-9-18-15)21-7-11(2)22-12(3)8-21/h4-6,9,11-12,20H,7-8H2,1-3H3/t11-,12-/m0/s1. The van der Waals surface area contributed by atoms with Gasteiger partial charge in [0.25, 0.3) is 0 Å². The maximum absolute atomic E-state index is 5.83. The van der Waals surface area contributed by atoms with Crippen molar-refractivity contribution in [2.24, 2.45) is 0 Å². The quantitative estimate of drug-likeness (QED) is 0.750. The summed E-state index contributed by atoms with van der Waals surface area (Å²) in [5.41, 5.74) is 4.36. The van der Waals surface area contributed by atoms with Gasteiger partial charge < -0.3 is 14.6 Å². The van der Waals surface area contributed by atoms with Crippen LogP contribution in [0.2, 0.25) is 0 Å². The van der Waals surface area contributed by atoms with Crippen molar-refractivity contribution in [2.75, 3.05) is 18.0 Å². The molecule has 2 aromatic heterocycles. The first-order valence-corrected chi connectivity index (χ1v) is 7.75. The molecule has 0 bridgehead atoms. The minimum absolute atomic E-state index is 0.209. The fourth-order valence-electron chi connectivity index (χ4n) is 3.38. The SMILES string of the molecule is Cc1ccc2[nH]c3c(N4C[C@H](C)O[C@@H](C)C4)ncnc3c2c1. The maximum Gasteiger partial charge on any atom is 0.156 e. The second-order valence-corrected chi connectivity index (χ2v) is 6.26. The Morgan fingerprint density at radius 2 is 1.95 bits per heavy atom. The molecule has 3 aromatic rings. The van der Waals surface area contributed by atoms with Crippen molar-refractivity contribution in [1.82, 2.24) is 15.0 Å². The van der Waals surface area contributed by atoms with E-state index in [1.54, 1.807) is 6.33 Å². The van der Waals surface area contributed by atoms with Gasteiger partial charge in [-0.15, -0.1) is 0 Å². The summed E-state index contributed by atoms with van der Waals surface area (Å²) in [6.45, 7) is 8.02. The van der Waals surface area contributed by atoms with E-state index >= 15 is 0 Å². The fourth-order valence-corrected chi connectivity index (χ4v) is 3.38. The third-order valence-electron chi connectivity index (χ3n) is 4.24. The highest BCUT2D eigenvalue weighted by atomic mass is 16.5. The lowest BCUT2D eigenvalue weighted by Gasteiger charge is -2.36. The Balaban J connectivity index is 1.89.